The average Bonchev–Trinajstić information content (AvgIpc) is 2.41. The number of carboxylic acid groups (broad SMARTS) is 1. The molecule has 0 aromatic heterocycles. The Bertz CT molecular complexity index is 467. The molecule has 0 saturated heterocycles. The van der Waals surface area contributed by atoms with Gasteiger partial charge in [0.1, 0.15) is 0 Å². The molecule has 0 heterocycles. The van der Waals surface area contributed by atoms with Crippen molar-refractivity contribution in [3.8, 4) is 0 Å². The molecule has 1 aromatic rings. The molecule has 0 bridgehead atoms. The molecule has 1 saturated carbocycles. The third-order valence-corrected chi connectivity index (χ3v) is 4.96. The van der Waals surface area contributed by atoms with Crippen LogP contribution in [0.15, 0.2) is 18.2 Å². The molecular weight excluding hydrogens is 282 g/mol. The molecule has 1 aromatic carbocycles. The quantitative estimate of drug-likeness (QED) is 0.878. The molecule has 5 heteroatoms. The molecule has 0 radical (unpaired) electrons. The number of nitrogens with one attached hydrogen (secondary N) is 1. The molecule has 2 unspecified atom stereocenters. The molecule has 0 spiro atoms. The molecule has 3 nitrogen and oxygen atoms in total. The van der Waals surface area contributed by atoms with E-state index >= 15 is 0 Å². The predicted octanol–water partition coefficient (Wildman–Crippen LogP) is 4.12. The molecule has 1 aliphatic carbocycles. The van der Waals surface area contributed by atoms with Crippen molar-refractivity contribution in [1.29, 1.82) is 0 Å². The first-order valence-corrected chi connectivity index (χ1v) is 8.10. The summed E-state index contributed by atoms with van der Waals surface area (Å²) in [5.74, 6) is -0.943. The number of carbonyl (C=O) groups is 1. The first kappa shape index (κ1) is 14.5. The van der Waals surface area contributed by atoms with Gasteiger partial charge in [0.05, 0.1) is 5.56 Å². The van der Waals surface area contributed by atoms with Crippen LogP contribution in [0.2, 0.25) is 5.02 Å². The maximum absolute atomic E-state index is 11.3. The normalized spacial score (nSPS) is 23.1. The van der Waals surface area contributed by atoms with Crippen LogP contribution < -0.4 is 5.32 Å². The SMILES string of the molecule is CSC1CCCCC1Nc1ccc(Cl)cc1C(=O)O. The van der Waals surface area contributed by atoms with Gasteiger partial charge in [-0.1, -0.05) is 24.4 Å². The van der Waals surface area contributed by atoms with Gasteiger partial charge in [0.25, 0.3) is 0 Å². The fourth-order valence-corrected chi connectivity index (χ4v) is 3.67. The smallest absolute Gasteiger partial charge is 0.337 e. The van der Waals surface area contributed by atoms with E-state index in [1.54, 1.807) is 12.1 Å². The van der Waals surface area contributed by atoms with Crippen molar-refractivity contribution in [2.45, 2.75) is 37.0 Å². The van der Waals surface area contributed by atoms with Gasteiger partial charge in [-0.15, -0.1) is 0 Å². The van der Waals surface area contributed by atoms with Gasteiger partial charge in [0, 0.05) is 22.0 Å². The van der Waals surface area contributed by atoms with E-state index in [4.69, 9.17) is 11.6 Å². The Morgan fingerprint density at radius 3 is 2.84 bits per heavy atom. The van der Waals surface area contributed by atoms with Crippen molar-refractivity contribution < 1.29 is 9.90 Å². The molecule has 0 amide bonds. The molecule has 2 atom stereocenters. The van der Waals surface area contributed by atoms with Crippen LogP contribution in [-0.2, 0) is 0 Å². The zero-order chi connectivity index (χ0) is 13.8. The summed E-state index contributed by atoms with van der Waals surface area (Å²) in [4.78, 5) is 11.3. The number of halogens is 1. The molecule has 2 rings (SSSR count). The minimum Gasteiger partial charge on any atom is -0.478 e. The topological polar surface area (TPSA) is 49.3 Å². The van der Waals surface area contributed by atoms with Gasteiger partial charge < -0.3 is 10.4 Å². The summed E-state index contributed by atoms with van der Waals surface area (Å²) in [6.07, 6.45) is 6.85. The third-order valence-electron chi connectivity index (χ3n) is 3.56. The van der Waals surface area contributed by atoms with E-state index in [9.17, 15) is 9.90 Å². The standard InChI is InChI=1S/C14H18ClNO2S/c1-19-13-5-3-2-4-12(13)16-11-7-6-9(15)8-10(11)14(17)18/h6-8,12-13,16H,2-5H2,1H3,(H,17,18). The van der Waals surface area contributed by atoms with Gasteiger partial charge in [-0.2, -0.15) is 11.8 Å². The van der Waals surface area contributed by atoms with E-state index in [0.29, 0.717) is 22.0 Å². The van der Waals surface area contributed by atoms with Crippen LogP contribution in [0, 0.1) is 0 Å². The Morgan fingerprint density at radius 2 is 2.16 bits per heavy atom. The van der Waals surface area contributed by atoms with Gasteiger partial charge in [-0.05, 0) is 37.3 Å². The highest BCUT2D eigenvalue weighted by Crippen LogP contribution is 2.31. The first-order chi connectivity index (χ1) is 9.11. The zero-order valence-corrected chi connectivity index (χ0v) is 12.4. The highest BCUT2D eigenvalue weighted by atomic mass is 35.5. The molecule has 1 aliphatic rings. The number of rotatable bonds is 4. The van der Waals surface area contributed by atoms with Gasteiger partial charge in [0.15, 0.2) is 0 Å². The van der Waals surface area contributed by atoms with Crippen molar-refractivity contribution in [3.05, 3.63) is 28.8 Å². The van der Waals surface area contributed by atoms with Crippen molar-refractivity contribution >= 4 is 35.0 Å². The van der Waals surface area contributed by atoms with Gasteiger partial charge in [0.2, 0.25) is 0 Å². The highest BCUT2D eigenvalue weighted by Gasteiger charge is 2.25. The summed E-state index contributed by atoms with van der Waals surface area (Å²) >= 11 is 7.72. The summed E-state index contributed by atoms with van der Waals surface area (Å²) < 4.78 is 0. The minimum atomic E-state index is -0.943. The fraction of sp³-hybridized carbons (Fsp3) is 0.500. The Balaban J connectivity index is 2.20. The van der Waals surface area contributed by atoms with Crippen molar-refractivity contribution in [3.63, 3.8) is 0 Å². The average molecular weight is 300 g/mol. The van der Waals surface area contributed by atoms with E-state index in [2.05, 4.69) is 11.6 Å². The number of anilines is 1. The third kappa shape index (κ3) is 3.57. The van der Waals surface area contributed by atoms with E-state index < -0.39 is 5.97 Å². The van der Waals surface area contributed by atoms with Crippen LogP contribution in [0.1, 0.15) is 36.0 Å². The Kier molecular flexibility index (Phi) is 4.99. The maximum Gasteiger partial charge on any atom is 0.337 e. The van der Waals surface area contributed by atoms with Crippen molar-refractivity contribution in [1.82, 2.24) is 0 Å². The number of aromatic carboxylic acids is 1. The van der Waals surface area contributed by atoms with E-state index in [0.717, 1.165) is 6.42 Å². The zero-order valence-electron chi connectivity index (χ0n) is 10.9. The fourth-order valence-electron chi connectivity index (χ4n) is 2.56. The van der Waals surface area contributed by atoms with Crippen LogP contribution >= 0.6 is 23.4 Å². The lowest BCUT2D eigenvalue weighted by molar-refractivity contribution is 0.0698. The van der Waals surface area contributed by atoms with Crippen LogP contribution in [0.5, 0.6) is 0 Å². The molecule has 0 aliphatic heterocycles. The predicted molar refractivity (Wildman–Crippen MR) is 81.6 cm³/mol. The van der Waals surface area contributed by atoms with Crippen LogP contribution in [0.25, 0.3) is 0 Å². The van der Waals surface area contributed by atoms with Crippen LogP contribution in [0.3, 0.4) is 0 Å². The lowest BCUT2D eigenvalue weighted by Gasteiger charge is -2.32. The summed E-state index contributed by atoms with van der Waals surface area (Å²) in [6.45, 7) is 0. The largest absolute Gasteiger partial charge is 0.478 e. The molecule has 19 heavy (non-hydrogen) atoms. The summed E-state index contributed by atoms with van der Waals surface area (Å²) in [5, 5.41) is 13.6. The lowest BCUT2D eigenvalue weighted by atomic mass is 9.94. The first-order valence-electron chi connectivity index (χ1n) is 6.44. The second-order valence-corrected chi connectivity index (χ2v) is 6.32. The summed E-state index contributed by atoms with van der Waals surface area (Å²) in [6, 6.07) is 5.33. The number of carboxylic acids is 1. The molecular formula is C14H18ClNO2S. The van der Waals surface area contributed by atoms with Crippen molar-refractivity contribution in [2.24, 2.45) is 0 Å². The van der Waals surface area contributed by atoms with Crippen molar-refractivity contribution in [2.75, 3.05) is 11.6 Å². The molecule has 1 fully saturated rings. The number of hydrogen-bond donors (Lipinski definition) is 2. The van der Waals surface area contributed by atoms with Crippen LogP contribution in [0.4, 0.5) is 5.69 Å². The monoisotopic (exact) mass is 299 g/mol. The van der Waals surface area contributed by atoms with Crippen LogP contribution in [-0.4, -0.2) is 28.6 Å². The number of thioether (sulfide) groups is 1. The Hall–Kier alpha value is -0.870. The summed E-state index contributed by atoms with van der Waals surface area (Å²) in [5.41, 5.74) is 0.917. The second-order valence-electron chi connectivity index (χ2n) is 4.80. The van der Waals surface area contributed by atoms with Gasteiger partial charge >= 0.3 is 5.97 Å². The van der Waals surface area contributed by atoms with E-state index in [1.165, 1.54) is 25.3 Å². The number of benzene rings is 1. The Labute approximate surface area is 122 Å². The second kappa shape index (κ2) is 6.53. The van der Waals surface area contributed by atoms with E-state index in [-0.39, 0.29) is 5.56 Å². The van der Waals surface area contributed by atoms with Gasteiger partial charge in [-0.25, -0.2) is 4.79 Å². The summed E-state index contributed by atoms with van der Waals surface area (Å²) in [7, 11) is 0. The number of hydrogen-bond acceptors (Lipinski definition) is 3. The molecule has 104 valence electrons. The molecule has 2 N–H and O–H groups in total. The van der Waals surface area contributed by atoms with E-state index in [1.807, 2.05) is 11.8 Å². The maximum atomic E-state index is 11.3. The lowest BCUT2D eigenvalue weighted by Crippen LogP contribution is -2.34. The highest BCUT2D eigenvalue weighted by molar-refractivity contribution is 7.99. The Morgan fingerprint density at radius 1 is 1.42 bits per heavy atom. The van der Waals surface area contributed by atoms with Gasteiger partial charge in [-0.3, -0.25) is 0 Å². The minimum absolute atomic E-state index is 0.248.